The summed E-state index contributed by atoms with van der Waals surface area (Å²) in [6.07, 6.45) is 10.2. The van der Waals surface area contributed by atoms with Crippen LogP contribution in [0.4, 0.5) is 0 Å². The third-order valence-electron chi connectivity index (χ3n) is 7.59. The highest BCUT2D eigenvalue weighted by Gasteiger charge is 2.71. The average Bonchev–Trinajstić information content (AvgIpc) is 3.28. The van der Waals surface area contributed by atoms with Gasteiger partial charge in [-0.2, -0.15) is 0 Å². The first-order chi connectivity index (χ1) is 14.7. The van der Waals surface area contributed by atoms with Gasteiger partial charge in [0.2, 0.25) is 0 Å². The number of unbranched alkanes of at least 4 members (excludes halogenated alkanes) is 2. The predicted octanol–water partition coefficient (Wildman–Crippen LogP) is 7.82. The van der Waals surface area contributed by atoms with Crippen LogP contribution in [0, 0.1) is 29.1 Å². The lowest BCUT2D eigenvalue weighted by atomic mass is 9.90. The minimum Gasteiger partial charge on any atom is -0.493 e. The molecule has 0 unspecified atom stereocenters. The van der Waals surface area contributed by atoms with Crippen molar-refractivity contribution in [1.82, 2.24) is 0 Å². The molecular formula is C29H38O. The van der Waals surface area contributed by atoms with Crippen molar-refractivity contribution in [3.8, 4) is 0 Å². The van der Waals surface area contributed by atoms with Crippen LogP contribution in [0.1, 0.15) is 64.0 Å². The van der Waals surface area contributed by atoms with E-state index in [1.54, 1.807) is 0 Å². The van der Waals surface area contributed by atoms with Crippen LogP contribution in [-0.4, -0.2) is 0 Å². The Labute approximate surface area is 183 Å². The second-order valence-corrected chi connectivity index (χ2v) is 9.78. The van der Waals surface area contributed by atoms with Gasteiger partial charge in [-0.15, -0.1) is 0 Å². The molecule has 160 valence electrons. The number of hydrogen-bond acceptors (Lipinski definition) is 1. The first kappa shape index (κ1) is 21.2. The monoisotopic (exact) mass is 402 g/mol. The lowest BCUT2D eigenvalue weighted by Crippen LogP contribution is -2.12. The van der Waals surface area contributed by atoms with E-state index in [1.165, 1.54) is 55.4 Å². The fourth-order valence-electron chi connectivity index (χ4n) is 6.01. The van der Waals surface area contributed by atoms with Crippen LogP contribution in [0.3, 0.4) is 0 Å². The molecule has 1 nitrogen and oxygen atoms in total. The molecule has 4 atom stereocenters. The van der Waals surface area contributed by atoms with Crippen LogP contribution in [0.15, 0.2) is 72.5 Å². The molecule has 2 aromatic carbocycles. The van der Waals surface area contributed by atoms with Gasteiger partial charge in [0, 0.05) is 5.41 Å². The quantitative estimate of drug-likeness (QED) is 0.348. The molecule has 30 heavy (non-hydrogen) atoms. The van der Waals surface area contributed by atoms with Crippen molar-refractivity contribution in [1.29, 1.82) is 0 Å². The first-order valence-electron chi connectivity index (χ1n) is 12.1. The molecule has 0 aliphatic heterocycles. The number of hydrogen-bond donors (Lipinski definition) is 0. The van der Waals surface area contributed by atoms with Gasteiger partial charge in [0.25, 0.3) is 0 Å². The van der Waals surface area contributed by atoms with Gasteiger partial charge in [-0.05, 0) is 60.1 Å². The van der Waals surface area contributed by atoms with E-state index in [1.807, 2.05) is 0 Å². The maximum absolute atomic E-state index is 6.60. The number of aryl methyl sites for hydroxylation is 1. The van der Waals surface area contributed by atoms with E-state index in [-0.39, 0.29) is 0 Å². The summed E-state index contributed by atoms with van der Waals surface area (Å²) in [5.41, 5.74) is 3.05. The molecule has 0 bridgehead atoms. The normalized spacial score (nSPS) is 27.1. The lowest BCUT2D eigenvalue weighted by molar-refractivity contribution is 0.146. The molecule has 0 radical (unpaired) electrons. The molecule has 1 saturated carbocycles. The SMILES string of the molecule is CCCCC[C@]12C(OCc3ccccc3)=C[C@H](C(C)C)[C@H]1[C@@H]2CCc1ccccc1. The summed E-state index contributed by atoms with van der Waals surface area (Å²) in [6, 6.07) is 21.7. The van der Waals surface area contributed by atoms with Crippen molar-refractivity contribution in [2.75, 3.05) is 0 Å². The molecule has 0 N–H and O–H groups in total. The van der Waals surface area contributed by atoms with Crippen molar-refractivity contribution in [2.24, 2.45) is 29.1 Å². The van der Waals surface area contributed by atoms with Crippen molar-refractivity contribution >= 4 is 0 Å². The van der Waals surface area contributed by atoms with E-state index in [4.69, 9.17) is 4.74 Å². The Bertz CT molecular complexity index is 822. The maximum atomic E-state index is 6.60. The first-order valence-corrected chi connectivity index (χ1v) is 12.1. The average molecular weight is 403 g/mol. The number of benzene rings is 2. The largest absolute Gasteiger partial charge is 0.493 e. The molecule has 0 amide bonds. The third-order valence-corrected chi connectivity index (χ3v) is 7.59. The zero-order valence-corrected chi connectivity index (χ0v) is 19.0. The highest BCUT2D eigenvalue weighted by Crippen LogP contribution is 2.75. The zero-order chi connectivity index (χ0) is 21.0. The number of allylic oxidation sites excluding steroid dienone is 2. The van der Waals surface area contributed by atoms with Gasteiger partial charge in [-0.25, -0.2) is 0 Å². The molecule has 2 aromatic rings. The van der Waals surface area contributed by atoms with E-state index >= 15 is 0 Å². The Morgan fingerprint density at radius 2 is 1.57 bits per heavy atom. The van der Waals surface area contributed by atoms with E-state index in [2.05, 4.69) is 87.5 Å². The predicted molar refractivity (Wildman–Crippen MR) is 126 cm³/mol. The number of rotatable bonds is 11. The molecule has 2 aliphatic rings. The Morgan fingerprint density at radius 3 is 2.20 bits per heavy atom. The smallest absolute Gasteiger partial charge is 0.113 e. The van der Waals surface area contributed by atoms with E-state index in [0.29, 0.717) is 23.9 Å². The molecule has 1 heteroatoms. The Hall–Kier alpha value is -2.02. The summed E-state index contributed by atoms with van der Waals surface area (Å²) in [5, 5.41) is 0. The molecule has 0 heterocycles. The summed E-state index contributed by atoms with van der Waals surface area (Å²) >= 11 is 0. The van der Waals surface area contributed by atoms with Crippen LogP contribution >= 0.6 is 0 Å². The highest BCUT2D eigenvalue weighted by atomic mass is 16.5. The Morgan fingerprint density at radius 1 is 0.900 bits per heavy atom. The van der Waals surface area contributed by atoms with Crippen LogP contribution in [-0.2, 0) is 17.8 Å². The second-order valence-electron chi connectivity index (χ2n) is 9.78. The standard InChI is InChI=1S/C29H38O/c1-4-5-12-19-29-26(18-17-23-13-8-6-9-14-23)28(29)25(22(2)3)20-27(29)30-21-24-15-10-7-11-16-24/h6-11,13-16,20,22,25-26,28H,4-5,12,17-19,21H2,1-3H3/t25-,26+,28+,29+/m1/s1. The summed E-state index contributed by atoms with van der Waals surface area (Å²) < 4.78 is 6.60. The van der Waals surface area contributed by atoms with Crippen LogP contribution in [0.5, 0.6) is 0 Å². The van der Waals surface area contributed by atoms with Crippen molar-refractivity contribution in [3.05, 3.63) is 83.6 Å². The van der Waals surface area contributed by atoms with Gasteiger partial charge in [0.05, 0.1) is 5.76 Å². The molecule has 0 aromatic heterocycles. The summed E-state index contributed by atoms with van der Waals surface area (Å²) in [7, 11) is 0. The van der Waals surface area contributed by atoms with Crippen LogP contribution < -0.4 is 0 Å². The van der Waals surface area contributed by atoms with Gasteiger partial charge in [-0.1, -0.05) is 101 Å². The maximum Gasteiger partial charge on any atom is 0.113 e. The topological polar surface area (TPSA) is 9.23 Å². The van der Waals surface area contributed by atoms with Crippen molar-refractivity contribution in [2.45, 2.75) is 65.9 Å². The highest BCUT2D eigenvalue weighted by molar-refractivity contribution is 5.35. The molecule has 0 saturated heterocycles. The van der Waals surface area contributed by atoms with Crippen LogP contribution in [0.2, 0.25) is 0 Å². The Balaban J connectivity index is 1.52. The Kier molecular flexibility index (Phi) is 6.66. The molecular weight excluding hydrogens is 364 g/mol. The fourth-order valence-corrected chi connectivity index (χ4v) is 6.01. The second kappa shape index (κ2) is 9.41. The number of ether oxygens (including phenoxy) is 1. The van der Waals surface area contributed by atoms with Gasteiger partial charge >= 0.3 is 0 Å². The van der Waals surface area contributed by atoms with Crippen LogP contribution in [0.25, 0.3) is 0 Å². The molecule has 2 aliphatic carbocycles. The lowest BCUT2D eigenvalue weighted by Gasteiger charge is -2.21. The van der Waals surface area contributed by atoms with E-state index < -0.39 is 0 Å². The summed E-state index contributed by atoms with van der Waals surface area (Å²) in [6.45, 7) is 7.80. The van der Waals surface area contributed by atoms with Gasteiger partial charge in [0.15, 0.2) is 0 Å². The minimum atomic E-state index is 0.299. The van der Waals surface area contributed by atoms with Crippen molar-refractivity contribution in [3.63, 3.8) is 0 Å². The van der Waals surface area contributed by atoms with Gasteiger partial charge in [0.1, 0.15) is 6.61 Å². The van der Waals surface area contributed by atoms with Gasteiger partial charge < -0.3 is 4.74 Å². The third kappa shape index (κ3) is 4.22. The fraction of sp³-hybridized carbons (Fsp3) is 0.517. The molecule has 0 spiro atoms. The number of fused-ring (bicyclic) bond motifs is 1. The summed E-state index contributed by atoms with van der Waals surface area (Å²) in [4.78, 5) is 0. The summed E-state index contributed by atoms with van der Waals surface area (Å²) in [5.74, 6) is 4.23. The molecule has 4 rings (SSSR count). The zero-order valence-electron chi connectivity index (χ0n) is 19.0. The van der Waals surface area contributed by atoms with E-state index in [0.717, 1.165) is 11.8 Å². The van der Waals surface area contributed by atoms with Crippen molar-refractivity contribution < 1.29 is 4.74 Å². The van der Waals surface area contributed by atoms with Gasteiger partial charge in [-0.3, -0.25) is 0 Å². The molecule has 1 fully saturated rings. The minimum absolute atomic E-state index is 0.299. The van der Waals surface area contributed by atoms with E-state index in [9.17, 15) is 0 Å².